The summed E-state index contributed by atoms with van der Waals surface area (Å²) in [5.41, 5.74) is 0. The number of aliphatic carboxylic acids is 1. The van der Waals surface area contributed by atoms with E-state index in [4.69, 9.17) is 5.11 Å². The Morgan fingerprint density at radius 2 is 1.92 bits per heavy atom. The first-order valence-electron chi connectivity index (χ1n) is 4.28. The van der Waals surface area contributed by atoms with Gasteiger partial charge >= 0.3 is 5.97 Å². The zero-order valence-corrected chi connectivity index (χ0v) is 9.13. The molecule has 0 aromatic carbocycles. The molecular weight excluding hydrogens is 168 g/mol. The van der Waals surface area contributed by atoms with Crippen LogP contribution in [0.5, 0.6) is 0 Å². The molecule has 0 rings (SSSR count). The van der Waals surface area contributed by atoms with Crippen LogP contribution in [0, 0.1) is 0 Å². The van der Waals surface area contributed by atoms with Crippen molar-refractivity contribution in [2.75, 3.05) is 0 Å². The molecule has 0 spiro atoms. The summed E-state index contributed by atoms with van der Waals surface area (Å²) < 4.78 is 0. The van der Waals surface area contributed by atoms with Gasteiger partial charge in [0, 0.05) is 14.5 Å². The van der Waals surface area contributed by atoms with E-state index in [2.05, 4.69) is 25.7 Å². The van der Waals surface area contributed by atoms with E-state index in [1.165, 1.54) is 0 Å². The molecule has 0 aliphatic rings. The summed E-state index contributed by atoms with van der Waals surface area (Å²) in [6, 6.07) is 1.15. The van der Waals surface area contributed by atoms with Crippen molar-refractivity contribution in [3.8, 4) is 0 Å². The zero-order chi connectivity index (χ0) is 9.61. The average molecular weight is 186 g/mol. The molecular formula is C9H18O2Si. The molecule has 0 radical (unpaired) electrons. The molecule has 1 N–H and O–H groups in total. The number of hydrogen-bond donors (Lipinski definition) is 1. The smallest absolute Gasteiger partial charge is 0.303 e. The molecule has 3 heteroatoms. The lowest BCUT2D eigenvalue weighted by Gasteiger charge is -2.11. The monoisotopic (exact) mass is 186 g/mol. The Bertz CT molecular complexity index is 168. The van der Waals surface area contributed by atoms with Crippen molar-refractivity contribution in [3.63, 3.8) is 0 Å². The third-order valence-corrected chi connectivity index (χ3v) is 2.88. The molecule has 0 saturated carbocycles. The molecule has 0 aliphatic heterocycles. The van der Waals surface area contributed by atoms with Gasteiger partial charge in [-0.1, -0.05) is 31.8 Å². The van der Waals surface area contributed by atoms with Crippen LogP contribution in [-0.4, -0.2) is 19.1 Å². The minimum Gasteiger partial charge on any atom is -0.481 e. The van der Waals surface area contributed by atoms with Crippen LogP contribution in [0.4, 0.5) is 0 Å². The van der Waals surface area contributed by atoms with E-state index in [9.17, 15) is 4.79 Å². The minimum atomic E-state index is -0.969. The van der Waals surface area contributed by atoms with Crippen LogP contribution in [-0.2, 0) is 4.79 Å². The fourth-order valence-electron chi connectivity index (χ4n) is 0.762. The fourth-order valence-corrected chi connectivity index (χ4v) is 1.64. The molecule has 0 saturated heterocycles. The van der Waals surface area contributed by atoms with Gasteiger partial charge in [0.2, 0.25) is 0 Å². The summed E-state index contributed by atoms with van der Waals surface area (Å²) in [5, 5.41) is 8.35. The van der Waals surface area contributed by atoms with Gasteiger partial charge in [0.15, 0.2) is 0 Å². The van der Waals surface area contributed by atoms with Crippen LogP contribution in [0.15, 0.2) is 12.2 Å². The summed E-state index contributed by atoms with van der Waals surface area (Å²) >= 11 is 0. The van der Waals surface area contributed by atoms with Crippen LogP contribution >= 0.6 is 0 Å². The quantitative estimate of drug-likeness (QED) is 0.529. The average Bonchev–Trinajstić information content (AvgIpc) is 1.83. The maximum atomic E-state index is 10.1. The van der Waals surface area contributed by atoms with E-state index in [1.807, 2.05) is 6.08 Å². The Labute approximate surface area is 75.3 Å². The topological polar surface area (TPSA) is 37.3 Å². The standard InChI is InChI=1S/C9H18O2Si/c1-12(2,3)8-6-4-5-7-9(10)11/h4,6H,5,7-8H2,1-3H3,(H,10,11)/b6-4+. The second-order valence-electron chi connectivity index (χ2n) is 4.17. The maximum Gasteiger partial charge on any atom is 0.303 e. The van der Waals surface area contributed by atoms with Crippen LogP contribution in [0.2, 0.25) is 25.7 Å². The number of hydrogen-bond acceptors (Lipinski definition) is 1. The van der Waals surface area contributed by atoms with E-state index >= 15 is 0 Å². The van der Waals surface area contributed by atoms with E-state index in [0.717, 1.165) is 6.04 Å². The van der Waals surface area contributed by atoms with E-state index in [-0.39, 0.29) is 6.42 Å². The summed E-state index contributed by atoms with van der Waals surface area (Å²) in [4.78, 5) is 10.1. The predicted molar refractivity (Wildman–Crippen MR) is 54.2 cm³/mol. The lowest BCUT2D eigenvalue weighted by Crippen LogP contribution is -2.17. The van der Waals surface area contributed by atoms with Crippen molar-refractivity contribution in [1.82, 2.24) is 0 Å². The van der Waals surface area contributed by atoms with Crippen LogP contribution in [0.1, 0.15) is 12.8 Å². The zero-order valence-electron chi connectivity index (χ0n) is 8.13. The highest BCUT2D eigenvalue weighted by Gasteiger charge is 2.09. The van der Waals surface area contributed by atoms with E-state index in [1.54, 1.807) is 0 Å². The van der Waals surface area contributed by atoms with Gasteiger partial charge in [-0.3, -0.25) is 4.79 Å². The second kappa shape index (κ2) is 5.14. The molecule has 0 atom stereocenters. The number of allylic oxidation sites excluding steroid dienone is 2. The highest BCUT2D eigenvalue weighted by molar-refractivity contribution is 6.76. The lowest BCUT2D eigenvalue weighted by atomic mass is 10.3. The van der Waals surface area contributed by atoms with Gasteiger partial charge in [-0.15, -0.1) is 0 Å². The normalized spacial score (nSPS) is 12.2. The van der Waals surface area contributed by atoms with E-state index in [0.29, 0.717) is 6.42 Å². The molecule has 0 aliphatic carbocycles. The number of carboxylic acid groups (broad SMARTS) is 1. The molecule has 0 unspecified atom stereocenters. The molecule has 0 heterocycles. The van der Waals surface area contributed by atoms with Gasteiger partial charge < -0.3 is 5.11 Å². The molecule has 2 nitrogen and oxygen atoms in total. The van der Waals surface area contributed by atoms with Crippen LogP contribution < -0.4 is 0 Å². The molecule has 0 amide bonds. The third kappa shape index (κ3) is 9.43. The molecule has 0 aromatic rings. The Kier molecular flexibility index (Phi) is 4.89. The number of carboxylic acids is 1. The fraction of sp³-hybridized carbons (Fsp3) is 0.667. The largest absolute Gasteiger partial charge is 0.481 e. The summed E-state index contributed by atoms with van der Waals surface area (Å²) in [7, 11) is -0.969. The first kappa shape index (κ1) is 11.4. The van der Waals surface area contributed by atoms with Gasteiger partial charge in [-0.2, -0.15) is 0 Å². The Morgan fingerprint density at radius 3 is 2.33 bits per heavy atom. The molecule has 70 valence electrons. The van der Waals surface area contributed by atoms with Crippen molar-refractivity contribution in [3.05, 3.63) is 12.2 Å². The Balaban J connectivity index is 3.45. The summed E-state index contributed by atoms with van der Waals surface area (Å²) in [6.07, 6.45) is 5.02. The molecule has 12 heavy (non-hydrogen) atoms. The van der Waals surface area contributed by atoms with Gasteiger partial charge in [0.25, 0.3) is 0 Å². The minimum absolute atomic E-state index is 0.252. The first-order chi connectivity index (χ1) is 5.42. The maximum absolute atomic E-state index is 10.1. The molecule has 0 aromatic heterocycles. The highest BCUT2D eigenvalue weighted by Crippen LogP contribution is 2.08. The van der Waals surface area contributed by atoms with Crippen molar-refractivity contribution in [2.45, 2.75) is 38.5 Å². The molecule has 0 bridgehead atoms. The number of carbonyl (C=O) groups is 1. The van der Waals surface area contributed by atoms with Crippen LogP contribution in [0.25, 0.3) is 0 Å². The summed E-state index contributed by atoms with van der Waals surface area (Å²) in [6.45, 7) is 6.90. The van der Waals surface area contributed by atoms with Gasteiger partial charge in [0.05, 0.1) is 0 Å². The Hall–Kier alpha value is -0.573. The van der Waals surface area contributed by atoms with Crippen molar-refractivity contribution in [2.24, 2.45) is 0 Å². The first-order valence-corrected chi connectivity index (χ1v) is 7.99. The van der Waals surface area contributed by atoms with Gasteiger partial charge in [-0.05, 0) is 12.5 Å². The predicted octanol–water partition coefficient (Wildman–Crippen LogP) is 2.75. The second-order valence-corrected chi connectivity index (χ2v) is 9.70. The number of rotatable bonds is 5. The SMILES string of the molecule is C[Si](C)(C)C/C=C/CCC(=O)O. The lowest BCUT2D eigenvalue weighted by molar-refractivity contribution is -0.136. The highest BCUT2D eigenvalue weighted by atomic mass is 28.3. The summed E-state index contributed by atoms with van der Waals surface area (Å²) in [5.74, 6) is -0.715. The van der Waals surface area contributed by atoms with Gasteiger partial charge in [-0.25, -0.2) is 0 Å². The van der Waals surface area contributed by atoms with Gasteiger partial charge in [0.1, 0.15) is 0 Å². The van der Waals surface area contributed by atoms with E-state index < -0.39 is 14.0 Å². The Morgan fingerprint density at radius 1 is 1.33 bits per heavy atom. The molecule has 0 fully saturated rings. The van der Waals surface area contributed by atoms with Crippen LogP contribution in [0.3, 0.4) is 0 Å². The van der Waals surface area contributed by atoms with Crippen molar-refractivity contribution in [1.29, 1.82) is 0 Å². The van der Waals surface area contributed by atoms with Crippen molar-refractivity contribution >= 4 is 14.0 Å². The van der Waals surface area contributed by atoms with Crippen molar-refractivity contribution < 1.29 is 9.90 Å². The third-order valence-electron chi connectivity index (χ3n) is 1.42.